The van der Waals surface area contributed by atoms with Gasteiger partial charge < -0.3 is 0 Å². The maximum absolute atomic E-state index is 14.6. The molecule has 0 aromatic carbocycles. The molecule has 0 aromatic heterocycles. The lowest BCUT2D eigenvalue weighted by Gasteiger charge is -2.29. The highest BCUT2D eigenvalue weighted by atomic mass is 19.2. The first-order valence-corrected chi connectivity index (χ1v) is 9.02. The Morgan fingerprint density at radius 2 is 1.36 bits per heavy atom. The molecule has 0 aromatic rings. The van der Waals surface area contributed by atoms with Gasteiger partial charge in [-0.1, -0.05) is 73.0 Å². The first kappa shape index (κ1) is 21.6. The summed E-state index contributed by atoms with van der Waals surface area (Å²) in [5.41, 5.74) is 0.978. The molecule has 0 spiro atoms. The molecular formula is C20H38F2. The molecule has 0 heterocycles. The molecule has 0 nitrogen and oxygen atoms in total. The maximum Gasteiger partial charge on any atom is 0.138 e. The van der Waals surface area contributed by atoms with Crippen LogP contribution in [0.4, 0.5) is 8.78 Å². The first-order valence-electron chi connectivity index (χ1n) is 9.02. The van der Waals surface area contributed by atoms with Gasteiger partial charge in [-0.05, 0) is 37.0 Å². The van der Waals surface area contributed by atoms with Crippen LogP contribution in [0.25, 0.3) is 0 Å². The predicted molar refractivity (Wildman–Crippen MR) is 94.6 cm³/mol. The van der Waals surface area contributed by atoms with Crippen molar-refractivity contribution in [3.05, 3.63) is 11.6 Å². The lowest BCUT2D eigenvalue weighted by molar-refractivity contribution is 0.0642. The number of alkyl halides is 2. The zero-order valence-corrected chi connectivity index (χ0v) is 16.0. The molecule has 0 rings (SSSR count). The zero-order chi connectivity index (χ0) is 17.4. The molecule has 0 fully saturated rings. The molecular weight excluding hydrogens is 278 g/mol. The van der Waals surface area contributed by atoms with Crippen molar-refractivity contribution in [2.45, 2.75) is 87.0 Å². The van der Waals surface area contributed by atoms with Crippen molar-refractivity contribution in [1.82, 2.24) is 0 Å². The second-order valence-electron chi connectivity index (χ2n) is 8.06. The number of rotatable bonds is 10. The number of halogens is 2. The van der Waals surface area contributed by atoms with E-state index in [0.717, 1.165) is 24.8 Å². The van der Waals surface area contributed by atoms with Crippen molar-refractivity contribution in [2.24, 2.45) is 29.6 Å². The van der Waals surface area contributed by atoms with Crippen LogP contribution < -0.4 is 0 Å². The molecule has 22 heavy (non-hydrogen) atoms. The fraction of sp³-hybridized carbons (Fsp3) is 0.900. The van der Waals surface area contributed by atoms with E-state index in [1.807, 2.05) is 20.8 Å². The Bertz CT molecular complexity index is 320. The molecule has 0 radical (unpaired) electrons. The van der Waals surface area contributed by atoms with Gasteiger partial charge in [-0.2, -0.15) is 0 Å². The topological polar surface area (TPSA) is 0 Å². The summed E-state index contributed by atoms with van der Waals surface area (Å²) in [5, 5.41) is 0. The Kier molecular flexibility index (Phi) is 10.2. The fourth-order valence-corrected chi connectivity index (χ4v) is 2.60. The van der Waals surface area contributed by atoms with Crippen LogP contribution >= 0.6 is 0 Å². The van der Waals surface area contributed by atoms with E-state index >= 15 is 0 Å². The van der Waals surface area contributed by atoms with Gasteiger partial charge in [-0.3, -0.25) is 0 Å². The summed E-state index contributed by atoms with van der Waals surface area (Å²) in [4.78, 5) is 0. The Labute approximate surface area is 137 Å². The second-order valence-corrected chi connectivity index (χ2v) is 8.06. The lowest BCUT2D eigenvalue weighted by Crippen LogP contribution is -2.34. The van der Waals surface area contributed by atoms with Crippen LogP contribution in [0.1, 0.15) is 74.7 Å². The number of allylic oxidation sites excluding steroid dienone is 2. The van der Waals surface area contributed by atoms with Crippen molar-refractivity contribution < 1.29 is 8.78 Å². The second kappa shape index (κ2) is 10.4. The van der Waals surface area contributed by atoms with Gasteiger partial charge in [0.05, 0.1) is 0 Å². The van der Waals surface area contributed by atoms with Gasteiger partial charge in [0.25, 0.3) is 0 Å². The van der Waals surface area contributed by atoms with Gasteiger partial charge in [0.15, 0.2) is 0 Å². The van der Waals surface area contributed by atoms with Crippen molar-refractivity contribution in [3.63, 3.8) is 0 Å². The molecule has 0 amide bonds. The maximum atomic E-state index is 14.6. The SMILES string of the molecule is C/C(=C\CC(C)C)C(C)C(F)C(F)C(C)C(C)CCC(C)C. The Balaban J connectivity index is 4.61. The highest BCUT2D eigenvalue weighted by Gasteiger charge is 2.34. The molecule has 132 valence electrons. The molecule has 0 saturated carbocycles. The van der Waals surface area contributed by atoms with Crippen molar-refractivity contribution in [2.75, 3.05) is 0 Å². The summed E-state index contributed by atoms with van der Waals surface area (Å²) < 4.78 is 29.1. The highest BCUT2D eigenvalue weighted by Crippen LogP contribution is 2.31. The molecule has 0 aliphatic heterocycles. The van der Waals surface area contributed by atoms with Crippen LogP contribution in [0.2, 0.25) is 0 Å². The molecule has 0 aliphatic carbocycles. The van der Waals surface area contributed by atoms with Crippen molar-refractivity contribution in [3.8, 4) is 0 Å². The van der Waals surface area contributed by atoms with Gasteiger partial charge in [0, 0.05) is 5.92 Å². The average molecular weight is 317 g/mol. The summed E-state index contributed by atoms with van der Waals surface area (Å²) in [7, 11) is 0. The van der Waals surface area contributed by atoms with Crippen LogP contribution in [-0.2, 0) is 0 Å². The van der Waals surface area contributed by atoms with Crippen LogP contribution in [-0.4, -0.2) is 12.3 Å². The fourth-order valence-electron chi connectivity index (χ4n) is 2.60. The Morgan fingerprint density at radius 3 is 1.82 bits per heavy atom. The van der Waals surface area contributed by atoms with Crippen molar-refractivity contribution >= 4 is 0 Å². The Morgan fingerprint density at radius 1 is 0.818 bits per heavy atom. The molecule has 2 heteroatoms. The normalized spacial score (nSPS) is 20.1. The van der Waals surface area contributed by atoms with E-state index in [0.29, 0.717) is 11.8 Å². The van der Waals surface area contributed by atoms with E-state index in [2.05, 4.69) is 40.7 Å². The Hall–Kier alpha value is -0.400. The third-order valence-electron chi connectivity index (χ3n) is 5.01. The zero-order valence-electron chi connectivity index (χ0n) is 16.0. The van der Waals surface area contributed by atoms with E-state index in [1.54, 1.807) is 0 Å². The summed E-state index contributed by atoms with van der Waals surface area (Å²) in [6.45, 7) is 16.3. The predicted octanol–water partition coefficient (Wildman–Crippen LogP) is 7.00. The van der Waals surface area contributed by atoms with Crippen LogP contribution in [0.15, 0.2) is 11.6 Å². The number of hydrogen-bond donors (Lipinski definition) is 0. The molecule has 5 unspecified atom stereocenters. The van der Waals surface area contributed by atoms with Crippen LogP contribution in [0.3, 0.4) is 0 Å². The largest absolute Gasteiger partial charge is 0.244 e. The first-order chi connectivity index (χ1) is 10.1. The monoisotopic (exact) mass is 316 g/mol. The molecule has 0 N–H and O–H groups in total. The standard InChI is InChI=1S/C20H38F2/c1-13(2)9-11-15(5)17(7)19(21)20(22)18(8)16(6)12-10-14(3)4/h11,13-14,16-20H,9-10,12H2,1-8H3/b15-11+. The van der Waals surface area contributed by atoms with Gasteiger partial charge in [0.2, 0.25) is 0 Å². The van der Waals surface area contributed by atoms with E-state index < -0.39 is 12.3 Å². The minimum absolute atomic E-state index is 0.225. The average Bonchev–Trinajstić information content (AvgIpc) is 2.46. The quantitative estimate of drug-likeness (QED) is 0.381. The van der Waals surface area contributed by atoms with E-state index in [9.17, 15) is 8.78 Å². The summed E-state index contributed by atoms with van der Waals surface area (Å²) in [5.74, 6) is 0.829. The van der Waals surface area contributed by atoms with Crippen LogP contribution in [0, 0.1) is 29.6 Å². The van der Waals surface area contributed by atoms with Gasteiger partial charge in [-0.25, -0.2) is 8.78 Å². The van der Waals surface area contributed by atoms with E-state index in [4.69, 9.17) is 0 Å². The molecule has 0 aliphatic rings. The highest BCUT2D eigenvalue weighted by molar-refractivity contribution is 5.06. The van der Waals surface area contributed by atoms with Gasteiger partial charge >= 0.3 is 0 Å². The van der Waals surface area contributed by atoms with E-state index in [-0.39, 0.29) is 17.8 Å². The molecule has 0 saturated heterocycles. The summed E-state index contributed by atoms with van der Waals surface area (Å²) in [6.07, 6.45) is 2.28. The van der Waals surface area contributed by atoms with Crippen LogP contribution in [0.5, 0.6) is 0 Å². The smallest absolute Gasteiger partial charge is 0.138 e. The third kappa shape index (κ3) is 7.74. The summed E-state index contributed by atoms with van der Waals surface area (Å²) >= 11 is 0. The minimum atomic E-state index is -1.40. The number of hydrogen-bond acceptors (Lipinski definition) is 0. The minimum Gasteiger partial charge on any atom is -0.244 e. The summed E-state index contributed by atoms with van der Waals surface area (Å²) in [6, 6.07) is 0. The molecule has 0 bridgehead atoms. The van der Waals surface area contributed by atoms with Gasteiger partial charge in [0.1, 0.15) is 12.3 Å². The third-order valence-corrected chi connectivity index (χ3v) is 5.01. The lowest BCUT2D eigenvalue weighted by atomic mass is 9.81. The van der Waals surface area contributed by atoms with E-state index in [1.165, 1.54) is 0 Å². The molecule has 5 atom stereocenters. The van der Waals surface area contributed by atoms with Crippen molar-refractivity contribution in [1.29, 1.82) is 0 Å². The van der Waals surface area contributed by atoms with Gasteiger partial charge in [-0.15, -0.1) is 0 Å².